The zero-order chi connectivity index (χ0) is 26.9. The highest BCUT2D eigenvalue weighted by Crippen LogP contribution is 2.48. The molecule has 1 amide bonds. The van der Waals surface area contributed by atoms with Crippen molar-refractivity contribution >= 4 is 17.9 Å². The normalized spacial score (nSPS) is 14.4. The van der Waals surface area contributed by atoms with Crippen molar-refractivity contribution < 1.29 is 24.2 Å². The van der Waals surface area contributed by atoms with Gasteiger partial charge in [-0.3, -0.25) is 14.8 Å². The Balaban J connectivity index is 1.37. The third-order valence-electron chi connectivity index (χ3n) is 7.13. The van der Waals surface area contributed by atoms with Crippen molar-refractivity contribution in [3.05, 3.63) is 90.1 Å². The molecule has 0 aliphatic heterocycles. The summed E-state index contributed by atoms with van der Waals surface area (Å²) in [5, 5.41) is 16.7. The minimum absolute atomic E-state index is 0.418. The molecule has 38 heavy (non-hydrogen) atoms. The fourth-order valence-electron chi connectivity index (χ4n) is 4.69. The van der Waals surface area contributed by atoms with E-state index in [2.05, 4.69) is 10.4 Å². The van der Waals surface area contributed by atoms with Gasteiger partial charge in [-0.1, -0.05) is 60.7 Å². The van der Waals surface area contributed by atoms with Gasteiger partial charge in [-0.25, -0.2) is 4.79 Å². The van der Waals surface area contributed by atoms with Crippen LogP contribution in [0.1, 0.15) is 37.0 Å². The number of ether oxygens (including phenoxy) is 2. The molecule has 1 atom stereocenters. The van der Waals surface area contributed by atoms with Gasteiger partial charge in [-0.2, -0.15) is 5.10 Å². The number of hydrogen-bond donors (Lipinski definition) is 2. The second-order valence-electron chi connectivity index (χ2n) is 9.49. The number of carboxylic acid groups (broad SMARTS) is 1. The molecule has 0 saturated heterocycles. The van der Waals surface area contributed by atoms with E-state index in [-0.39, 0.29) is 0 Å². The third kappa shape index (κ3) is 4.72. The number of amides is 1. The number of anilines is 1. The van der Waals surface area contributed by atoms with Crippen molar-refractivity contribution in [1.29, 1.82) is 0 Å². The molecule has 1 fully saturated rings. The fraction of sp³-hybridized carbons (Fsp3) is 0.233. The van der Waals surface area contributed by atoms with Crippen molar-refractivity contribution in [3.63, 3.8) is 0 Å². The molecule has 8 nitrogen and oxygen atoms in total. The molecule has 4 aromatic rings. The van der Waals surface area contributed by atoms with Crippen LogP contribution in [0.5, 0.6) is 5.75 Å². The van der Waals surface area contributed by atoms with E-state index in [1.54, 1.807) is 25.0 Å². The van der Waals surface area contributed by atoms with E-state index < -0.39 is 23.6 Å². The fourth-order valence-corrected chi connectivity index (χ4v) is 4.69. The van der Waals surface area contributed by atoms with E-state index in [4.69, 9.17) is 9.47 Å². The summed E-state index contributed by atoms with van der Waals surface area (Å²) in [5.41, 5.74) is 4.31. The standard InChI is InChI=1S/C30H29N3O5/c1-19(20-7-5-4-6-8-20)38-29(36)32-27-25(18-31-33(27)2)24-14-11-22(17-26(24)37-3)21-9-12-23(13-10-21)30(15-16-30)28(34)35/h4-14,17-19H,15-16H2,1-3H3,(H,32,36)(H,34,35). The lowest BCUT2D eigenvalue weighted by Gasteiger charge is -2.16. The van der Waals surface area contributed by atoms with Crippen LogP contribution in [0, 0.1) is 0 Å². The van der Waals surface area contributed by atoms with E-state index in [1.807, 2.05) is 79.7 Å². The van der Waals surface area contributed by atoms with Crippen LogP contribution in [0.15, 0.2) is 79.0 Å². The van der Waals surface area contributed by atoms with Gasteiger partial charge in [0.25, 0.3) is 0 Å². The average Bonchev–Trinajstić information content (AvgIpc) is 3.68. The molecule has 1 saturated carbocycles. The van der Waals surface area contributed by atoms with Crippen LogP contribution in [0.4, 0.5) is 10.6 Å². The van der Waals surface area contributed by atoms with Gasteiger partial charge in [-0.15, -0.1) is 0 Å². The monoisotopic (exact) mass is 511 g/mol. The lowest BCUT2D eigenvalue weighted by atomic mass is 9.93. The minimum atomic E-state index is -0.768. The maximum Gasteiger partial charge on any atom is 0.413 e. The molecule has 0 spiro atoms. The number of carbonyl (C=O) groups is 2. The van der Waals surface area contributed by atoms with Crippen LogP contribution in [-0.4, -0.2) is 34.1 Å². The van der Waals surface area contributed by atoms with E-state index in [1.165, 1.54) is 0 Å². The first-order valence-corrected chi connectivity index (χ1v) is 12.4. The zero-order valence-corrected chi connectivity index (χ0v) is 21.5. The molecular formula is C30H29N3O5. The van der Waals surface area contributed by atoms with Crippen molar-refractivity contribution in [2.45, 2.75) is 31.3 Å². The lowest BCUT2D eigenvalue weighted by molar-refractivity contribution is -0.140. The van der Waals surface area contributed by atoms with Gasteiger partial charge in [0.15, 0.2) is 0 Å². The summed E-state index contributed by atoms with van der Waals surface area (Å²) in [5.74, 6) is 0.322. The smallest absolute Gasteiger partial charge is 0.413 e. The predicted molar refractivity (Wildman–Crippen MR) is 144 cm³/mol. The average molecular weight is 512 g/mol. The Labute approximate surface area is 220 Å². The van der Waals surface area contributed by atoms with Crippen LogP contribution < -0.4 is 10.1 Å². The Bertz CT molecular complexity index is 1470. The molecule has 5 rings (SSSR count). The summed E-state index contributed by atoms with van der Waals surface area (Å²) >= 11 is 0. The molecule has 194 valence electrons. The Hall–Kier alpha value is -4.59. The summed E-state index contributed by atoms with van der Waals surface area (Å²) < 4.78 is 12.9. The van der Waals surface area contributed by atoms with E-state index in [0.29, 0.717) is 30.0 Å². The Morgan fingerprint density at radius 2 is 1.68 bits per heavy atom. The van der Waals surface area contributed by atoms with E-state index in [9.17, 15) is 14.7 Å². The summed E-state index contributed by atoms with van der Waals surface area (Å²) in [6.45, 7) is 1.82. The molecule has 1 aliphatic rings. The lowest BCUT2D eigenvalue weighted by Crippen LogP contribution is -2.19. The van der Waals surface area contributed by atoms with Gasteiger partial charge in [0.05, 0.1) is 18.7 Å². The van der Waals surface area contributed by atoms with E-state index in [0.717, 1.165) is 27.8 Å². The largest absolute Gasteiger partial charge is 0.496 e. The maximum absolute atomic E-state index is 12.7. The van der Waals surface area contributed by atoms with Crippen molar-refractivity contribution in [3.8, 4) is 28.0 Å². The highest BCUT2D eigenvalue weighted by molar-refractivity contribution is 5.92. The van der Waals surface area contributed by atoms with Crippen LogP contribution in [0.25, 0.3) is 22.3 Å². The van der Waals surface area contributed by atoms with Crippen LogP contribution >= 0.6 is 0 Å². The topological polar surface area (TPSA) is 103 Å². The number of carboxylic acids is 1. The molecule has 2 N–H and O–H groups in total. The number of nitrogens with zero attached hydrogens (tertiary/aromatic N) is 2. The predicted octanol–water partition coefficient (Wildman–Crippen LogP) is 6.19. The molecule has 0 radical (unpaired) electrons. The third-order valence-corrected chi connectivity index (χ3v) is 7.13. The van der Waals surface area contributed by atoms with Gasteiger partial charge in [-0.05, 0) is 54.2 Å². The first-order valence-electron chi connectivity index (χ1n) is 12.4. The molecular weight excluding hydrogens is 482 g/mol. The van der Waals surface area contributed by atoms with Gasteiger partial charge in [0.1, 0.15) is 17.7 Å². The molecule has 0 bridgehead atoms. The highest BCUT2D eigenvalue weighted by atomic mass is 16.6. The molecule has 1 aromatic heterocycles. The second kappa shape index (κ2) is 10.0. The number of aromatic nitrogens is 2. The van der Waals surface area contributed by atoms with Gasteiger partial charge >= 0.3 is 12.1 Å². The maximum atomic E-state index is 12.7. The highest BCUT2D eigenvalue weighted by Gasteiger charge is 2.51. The number of benzene rings is 3. The summed E-state index contributed by atoms with van der Waals surface area (Å²) in [6, 6.07) is 23.0. The van der Waals surface area contributed by atoms with Crippen LogP contribution in [0.2, 0.25) is 0 Å². The number of nitrogens with one attached hydrogen (secondary N) is 1. The minimum Gasteiger partial charge on any atom is -0.496 e. The summed E-state index contributed by atoms with van der Waals surface area (Å²) in [4.78, 5) is 24.4. The van der Waals surface area contributed by atoms with Crippen molar-refractivity contribution in [2.24, 2.45) is 7.05 Å². The number of aryl methyl sites for hydroxylation is 1. The first-order chi connectivity index (χ1) is 18.3. The zero-order valence-electron chi connectivity index (χ0n) is 21.5. The number of carbonyl (C=O) groups excluding carboxylic acids is 1. The van der Waals surface area contributed by atoms with Gasteiger partial charge in [0.2, 0.25) is 0 Å². The van der Waals surface area contributed by atoms with Crippen LogP contribution in [0.3, 0.4) is 0 Å². The molecule has 3 aromatic carbocycles. The quantitative estimate of drug-likeness (QED) is 0.292. The molecule has 8 heteroatoms. The van der Waals surface area contributed by atoms with Crippen molar-refractivity contribution in [2.75, 3.05) is 12.4 Å². The molecule has 1 aliphatic carbocycles. The van der Waals surface area contributed by atoms with Crippen molar-refractivity contribution in [1.82, 2.24) is 9.78 Å². The number of methoxy groups -OCH3 is 1. The van der Waals surface area contributed by atoms with Gasteiger partial charge in [0, 0.05) is 18.2 Å². The second-order valence-corrected chi connectivity index (χ2v) is 9.49. The molecule has 1 unspecified atom stereocenters. The number of rotatable bonds is 8. The van der Waals surface area contributed by atoms with Gasteiger partial charge < -0.3 is 14.6 Å². The van der Waals surface area contributed by atoms with Crippen LogP contribution in [-0.2, 0) is 22.0 Å². The number of aliphatic carboxylic acids is 1. The Kier molecular flexibility index (Phi) is 6.63. The Morgan fingerprint density at radius 3 is 2.32 bits per heavy atom. The number of hydrogen-bond acceptors (Lipinski definition) is 5. The Morgan fingerprint density at radius 1 is 1.00 bits per heavy atom. The van der Waals surface area contributed by atoms with E-state index >= 15 is 0 Å². The summed E-state index contributed by atoms with van der Waals surface area (Å²) in [6.07, 6.45) is 2.01. The first kappa shape index (κ1) is 25.1. The SMILES string of the molecule is COc1cc(-c2ccc(C3(C(=O)O)CC3)cc2)ccc1-c1cnn(C)c1NC(=O)OC(C)c1ccccc1. The molecule has 1 heterocycles. The summed E-state index contributed by atoms with van der Waals surface area (Å²) in [7, 11) is 3.33.